The smallest absolute Gasteiger partial charge is 0.257 e. The van der Waals surface area contributed by atoms with Crippen molar-refractivity contribution in [3.63, 3.8) is 0 Å². The van der Waals surface area contributed by atoms with Crippen molar-refractivity contribution in [3.8, 4) is 5.75 Å². The van der Waals surface area contributed by atoms with Gasteiger partial charge in [0.1, 0.15) is 5.75 Å². The normalized spacial score (nSPS) is 14.6. The molecule has 1 fully saturated rings. The van der Waals surface area contributed by atoms with Gasteiger partial charge in [-0.05, 0) is 56.4 Å². The topological polar surface area (TPSA) is 71.5 Å². The van der Waals surface area contributed by atoms with Gasteiger partial charge in [0.25, 0.3) is 11.8 Å². The molecule has 2 heterocycles. The van der Waals surface area contributed by atoms with Crippen molar-refractivity contribution >= 4 is 11.8 Å². The van der Waals surface area contributed by atoms with Gasteiger partial charge in [-0.3, -0.25) is 14.6 Å². The summed E-state index contributed by atoms with van der Waals surface area (Å²) in [7, 11) is 0. The molecule has 0 aliphatic carbocycles. The second kappa shape index (κ2) is 9.35. The van der Waals surface area contributed by atoms with E-state index in [1.807, 2.05) is 36.9 Å². The van der Waals surface area contributed by atoms with Crippen LogP contribution in [0.2, 0.25) is 0 Å². The number of nitrogens with zero attached hydrogens (tertiary/aromatic N) is 2. The van der Waals surface area contributed by atoms with E-state index >= 15 is 0 Å². The third-order valence-corrected chi connectivity index (χ3v) is 5.09. The summed E-state index contributed by atoms with van der Waals surface area (Å²) in [5.41, 5.74) is 2.82. The average molecular weight is 381 g/mol. The summed E-state index contributed by atoms with van der Waals surface area (Å²) in [5, 5.41) is 2.95. The van der Waals surface area contributed by atoms with Crippen LogP contribution in [-0.2, 0) is 4.79 Å². The van der Waals surface area contributed by atoms with E-state index in [1.165, 1.54) is 5.56 Å². The molecule has 0 bridgehead atoms. The summed E-state index contributed by atoms with van der Waals surface area (Å²) in [4.78, 5) is 30.4. The Morgan fingerprint density at radius 3 is 2.68 bits per heavy atom. The van der Waals surface area contributed by atoms with Crippen molar-refractivity contribution < 1.29 is 14.3 Å². The number of nitrogens with one attached hydrogen (secondary N) is 1. The number of hydrogen-bond acceptors (Lipinski definition) is 4. The minimum atomic E-state index is -0.117. The molecule has 1 aliphatic rings. The van der Waals surface area contributed by atoms with Gasteiger partial charge in [-0.1, -0.05) is 17.7 Å². The molecule has 0 spiro atoms. The zero-order valence-electron chi connectivity index (χ0n) is 16.5. The van der Waals surface area contributed by atoms with Crippen LogP contribution in [-0.4, -0.2) is 47.9 Å². The van der Waals surface area contributed by atoms with Gasteiger partial charge >= 0.3 is 0 Å². The van der Waals surface area contributed by atoms with Gasteiger partial charge in [-0.25, -0.2) is 0 Å². The van der Waals surface area contributed by atoms with Gasteiger partial charge < -0.3 is 15.0 Å². The molecular weight excluding hydrogens is 354 g/mol. The minimum absolute atomic E-state index is 0.0161. The Hall–Kier alpha value is -2.89. The molecule has 1 saturated heterocycles. The molecule has 3 rings (SSSR count). The Morgan fingerprint density at radius 1 is 1.21 bits per heavy atom. The van der Waals surface area contributed by atoms with Gasteiger partial charge in [0.05, 0.1) is 5.56 Å². The fraction of sp³-hybridized carbons (Fsp3) is 0.409. The van der Waals surface area contributed by atoms with Crippen LogP contribution in [0, 0.1) is 19.8 Å². The number of aromatic nitrogens is 1. The van der Waals surface area contributed by atoms with E-state index in [-0.39, 0.29) is 18.4 Å². The van der Waals surface area contributed by atoms with E-state index in [9.17, 15) is 9.59 Å². The Morgan fingerprint density at radius 2 is 2.00 bits per heavy atom. The molecule has 0 unspecified atom stereocenters. The summed E-state index contributed by atoms with van der Waals surface area (Å²) in [6.07, 6.45) is 5.02. The highest BCUT2D eigenvalue weighted by molar-refractivity contribution is 5.93. The van der Waals surface area contributed by atoms with Crippen molar-refractivity contribution in [3.05, 3.63) is 59.4 Å². The molecule has 1 N–H and O–H groups in total. The molecule has 2 amide bonds. The van der Waals surface area contributed by atoms with E-state index in [1.54, 1.807) is 24.5 Å². The number of carbonyl (C=O) groups excluding carboxylic acids is 2. The Labute approximate surface area is 165 Å². The highest BCUT2D eigenvalue weighted by Crippen LogP contribution is 2.19. The van der Waals surface area contributed by atoms with Crippen molar-refractivity contribution in [2.45, 2.75) is 26.7 Å². The molecule has 1 aromatic heterocycles. The minimum Gasteiger partial charge on any atom is -0.484 e. The molecule has 0 atom stereocenters. The fourth-order valence-corrected chi connectivity index (χ4v) is 3.43. The van der Waals surface area contributed by atoms with Gasteiger partial charge in [-0.2, -0.15) is 0 Å². The lowest BCUT2D eigenvalue weighted by atomic mass is 9.96. The van der Waals surface area contributed by atoms with Crippen LogP contribution in [0.4, 0.5) is 0 Å². The predicted octanol–water partition coefficient (Wildman–Crippen LogP) is 2.75. The number of pyridine rings is 1. The van der Waals surface area contributed by atoms with E-state index in [0.29, 0.717) is 31.1 Å². The fourth-order valence-electron chi connectivity index (χ4n) is 3.43. The maximum absolute atomic E-state index is 12.4. The van der Waals surface area contributed by atoms with Gasteiger partial charge in [-0.15, -0.1) is 0 Å². The summed E-state index contributed by atoms with van der Waals surface area (Å²) in [6, 6.07) is 9.47. The number of carbonyl (C=O) groups is 2. The van der Waals surface area contributed by atoms with E-state index in [0.717, 1.165) is 24.2 Å². The maximum atomic E-state index is 12.4. The van der Waals surface area contributed by atoms with Crippen LogP contribution in [0.1, 0.15) is 34.3 Å². The molecule has 1 aliphatic heterocycles. The largest absolute Gasteiger partial charge is 0.484 e. The number of hydrogen-bond donors (Lipinski definition) is 1. The first-order valence-corrected chi connectivity index (χ1v) is 9.69. The number of piperidine rings is 1. The summed E-state index contributed by atoms with van der Waals surface area (Å²) < 4.78 is 5.62. The molecule has 6 heteroatoms. The van der Waals surface area contributed by atoms with Crippen LogP contribution in [0.25, 0.3) is 0 Å². The number of likely N-dealkylation sites (tertiary alicyclic amines) is 1. The average Bonchev–Trinajstić information content (AvgIpc) is 2.72. The number of amides is 2. The molecular formula is C22H27N3O3. The zero-order valence-corrected chi connectivity index (χ0v) is 16.5. The molecule has 148 valence electrons. The van der Waals surface area contributed by atoms with E-state index in [2.05, 4.69) is 10.3 Å². The predicted molar refractivity (Wildman–Crippen MR) is 107 cm³/mol. The lowest BCUT2D eigenvalue weighted by Gasteiger charge is -2.32. The summed E-state index contributed by atoms with van der Waals surface area (Å²) >= 11 is 0. The molecule has 2 aromatic rings. The molecule has 28 heavy (non-hydrogen) atoms. The first kappa shape index (κ1) is 19.9. The van der Waals surface area contributed by atoms with Gasteiger partial charge in [0.2, 0.25) is 0 Å². The van der Waals surface area contributed by atoms with Crippen LogP contribution < -0.4 is 10.1 Å². The van der Waals surface area contributed by atoms with Gasteiger partial charge in [0.15, 0.2) is 6.61 Å². The zero-order chi connectivity index (χ0) is 19.9. The standard InChI is InChI=1S/C22H27N3O3/c1-16-5-6-20(17(2)12-16)28-15-21(26)24-13-18-7-10-25(11-8-18)22(27)19-4-3-9-23-14-19/h3-6,9,12,14,18H,7-8,10-11,13,15H2,1-2H3,(H,24,26). The number of ether oxygens (including phenoxy) is 1. The molecule has 0 radical (unpaired) electrons. The van der Waals surface area contributed by atoms with Crippen molar-refractivity contribution in [1.82, 2.24) is 15.2 Å². The monoisotopic (exact) mass is 381 g/mol. The highest BCUT2D eigenvalue weighted by Gasteiger charge is 2.24. The summed E-state index contributed by atoms with van der Waals surface area (Å²) in [5.74, 6) is 1.03. The maximum Gasteiger partial charge on any atom is 0.257 e. The third kappa shape index (κ3) is 5.31. The second-order valence-electron chi connectivity index (χ2n) is 7.34. The second-order valence-corrected chi connectivity index (χ2v) is 7.34. The lowest BCUT2D eigenvalue weighted by molar-refractivity contribution is -0.123. The van der Waals surface area contributed by atoms with Crippen LogP contribution in [0.15, 0.2) is 42.7 Å². The Kier molecular flexibility index (Phi) is 6.63. The molecule has 0 saturated carbocycles. The molecule has 1 aromatic carbocycles. The number of rotatable bonds is 6. The van der Waals surface area contributed by atoms with Gasteiger partial charge in [0, 0.05) is 32.0 Å². The van der Waals surface area contributed by atoms with Crippen molar-refractivity contribution in [2.24, 2.45) is 5.92 Å². The first-order valence-electron chi connectivity index (χ1n) is 9.69. The third-order valence-electron chi connectivity index (χ3n) is 5.09. The van der Waals surface area contributed by atoms with Crippen LogP contribution >= 0.6 is 0 Å². The Balaban J connectivity index is 1.38. The Bertz CT molecular complexity index is 815. The first-order chi connectivity index (χ1) is 13.5. The number of aryl methyl sites for hydroxylation is 2. The quantitative estimate of drug-likeness (QED) is 0.835. The number of benzene rings is 1. The van der Waals surface area contributed by atoms with E-state index in [4.69, 9.17) is 4.74 Å². The SMILES string of the molecule is Cc1ccc(OCC(=O)NCC2CCN(C(=O)c3cccnc3)CC2)c(C)c1. The van der Waals surface area contributed by atoms with Crippen molar-refractivity contribution in [1.29, 1.82) is 0 Å². The lowest BCUT2D eigenvalue weighted by Crippen LogP contribution is -2.42. The summed E-state index contributed by atoms with van der Waals surface area (Å²) in [6.45, 7) is 6.03. The molecule has 6 nitrogen and oxygen atoms in total. The highest BCUT2D eigenvalue weighted by atomic mass is 16.5. The van der Waals surface area contributed by atoms with Crippen LogP contribution in [0.5, 0.6) is 5.75 Å². The van der Waals surface area contributed by atoms with Crippen LogP contribution in [0.3, 0.4) is 0 Å². The van der Waals surface area contributed by atoms with Crippen molar-refractivity contribution in [2.75, 3.05) is 26.2 Å². The van der Waals surface area contributed by atoms with E-state index < -0.39 is 0 Å².